The van der Waals surface area contributed by atoms with Crippen LogP contribution in [0.15, 0.2) is 4.99 Å². The van der Waals surface area contributed by atoms with Crippen molar-refractivity contribution in [1.29, 1.82) is 0 Å². The molecule has 0 rings (SSSR count). The molecule has 7 nitrogen and oxygen atoms in total. The van der Waals surface area contributed by atoms with Crippen LogP contribution < -0.4 is 16.8 Å². The predicted molar refractivity (Wildman–Crippen MR) is 219 cm³/mol. The number of unbranched alkanes of at least 4 members (excludes halogenated alkanes) is 29. The smallest absolute Gasteiger partial charge is 0.328 e. The zero-order valence-corrected chi connectivity index (χ0v) is 34.1. The molecule has 5 N–H and O–H groups in total. The summed E-state index contributed by atoms with van der Waals surface area (Å²) in [4.78, 5) is 29.6. The standard InChI is InChI=1S/C42H84N4O3.ClH/c1-3-5-7-9-11-13-15-17-19-21-23-25-27-29-31-33-38-49-41(48)39(35-34-37-45-42(43)44)46-40(47)36-32-30-28-26-24-22-20-18-16-14-12-10-8-6-4-2;/h39H,3-38H2,1-2H3,(H,46,47)(H4,43,44,45);1H/t39-;/m0./s1. The van der Waals surface area contributed by atoms with Crippen molar-refractivity contribution in [3.8, 4) is 0 Å². The Kier molecular flexibility index (Phi) is 42.4. The Morgan fingerprint density at radius 1 is 0.520 bits per heavy atom. The number of nitrogens with two attached hydrogens (primary N) is 2. The topological polar surface area (TPSA) is 120 Å². The molecule has 0 aliphatic rings. The van der Waals surface area contributed by atoms with Crippen LogP contribution in [0.5, 0.6) is 0 Å². The molecule has 0 radical (unpaired) electrons. The molecule has 1 amide bonds. The fraction of sp³-hybridized carbons (Fsp3) is 0.929. The Morgan fingerprint density at radius 3 is 1.22 bits per heavy atom. The summed E-state index contributed by atoms with van der Waals surface area (Å²) in [6.07, 6.45) is 42.0. The molecule has 0 saturated carbocycles. The van der Waals surface area contributed by atoms with Gasteiger partial charge in [-0.2, -0.15) is 0 Å². The van der Waals surface area contributed by atoms with E-state index in [4.69, 9.17) is 16.2 Å². The molecule has 0 aliphatic carbocycles. The summed E-state index contributed by atoms with van der Waals surface area (Å²) in [5.41, 5.74) is 10.9. The molecule has 298 valence electrons. The van der Waals surface area contributed by atoms with E-state index in [-0.39, 0.29) is 30.2 Å². The first kappa shape index (κ1) is 50.6. The first-order valence-corrected chi connectivity index (χ1v) is 21.5. The van der Waals surface area contributed by atoms with E-state index in [0.29, 0.717) is 32.4 Å². The highest BCUT2D eigenvalue weighted by Gasteiger charge is 2.21. The minimum absolute atomic E-state index is 0. The van der Waals surface area contributed by atoms with Gasteiger partial charge in [-0.15, -0.1) is 12.4 Å². The van der Waals surface area contributed by atoms with Gasteiger partial charge in [0.15, 0.2) is 5.96 Å². The quantitative estimate of drug-likeness (QED) is 0.0252. The molecule has 0 unspecified atom stereocenters. The predicted octanol–water partition coefficient (Wildman–Crippen LogP) is 12.0. The molecule has 0 aliphatic heterocycles. The maximum absolute atomic E-state index is 12.9. The molecule has 0 aromatic carbocycles. The van der Waals surface area contributed by atoms with Crippen LogP contribution in [-0.4, -0.2) is 37.0 Å². The lowest BCUT2D eigenvalue weighted by atomic mass is 10.0. The molecule has 0 saturated heterocycles. The van der Waals surface area contributed by atoms with Gasteiger partial charge in [-0.3, -0.25) is 9.79 Å². The highest BCUT2D eigenvalue weighted by molar-refractivity contribution is 5.85. The van der Waals surface area contributed by atoms with Crippen LogP contribution in [0, 0.1) is 0 Å². The Morgan fingerprint density at radius 2 is 0.860 bits per heavy atom. The molecule has 0 fully saturated rings. The van der Waals surface area contributed by atoms with Crippen molar-refractivity contribution >= 4 is 30.2 Å². The number of rotatable bonds is 39. The Balaban J connectivity index is 0. The van der Waals surface area contributed by atoms with Crippen molar-refractivity contribution in [3.05, 3.63) is 0 Å². The van der Waals surface area contributed by atoms with Gasteiger partial charge >= 0.3 is 5.97 Å². The number of aliphatic imine (C=N–C) groups is 1. The number of halogens is 1. The average Bonchev–Trinajstić information content (AvgIpc) is 3.09. The number of hydrogen-bond acceptors (Lipinski definition) is 4. The second-order valence-electron chi connectivity index (χ2n) is 14.7. The van der Waals surface area contributed by atoms with Gasteiger partial charge in [0.2, 0.25) is 5.91 Å². The van der Waals surface area contributed by atoms with Gasteiger partial charge in [0, 0.05) is 13.0 Å². The molecule has 0 aromatic heterocycles. The second kappa shape index (κ2) is 41.9. The minimum Gasteiger partial charge on any atom is -0.464 e. The molecular formula is C42H85ClN4O3. The van der Waals surface area contributed by atoms with Crippen LogP contribution in [-0.2, 0) is 14.3 Å². The number of nitrogens with zero attached hydrogens (tertiary/aromatic N) is 1. The summed E-state index contributed by atoms with van der Waals surface area (Å²) in [6, 6.07) is -0.640. The third-order valence-electron chi connectivity index (χ3n) is 9.81. The zero-order chi connectivity index (χ0) is 35.9. The Bertz CT molecular complexity index is 749. The number of nitrogens with one attached hydrogen (secondary N) is 1. The summed E-state index contributed by atoms with van der Waals surface area (Å²) in [6.45, 7) is 5.40. The fourth-order valence-electron chi connectivity index (χ4n) is 6.60. The normalized spacial score (nSPS) is 11.6. The molecular weight excluding hydrogens is 644 g/mol. The summed E-state index contributed by atoms with van der Waals surface area (Å²) in [7, 11) is 0. The van der Waals surface area contributed by atoms with Crippen molar-refractivity contribution in [3.63, 3.8) is 0 Å². The third-order valence-corrected chi connectivity index (χ3v) is 9.81. The van der Waals surface area contributed by atoms with E-state index in [1.165, 1.54) is 173 Å². The van der Waals surface area contributed by atoms with Crippen molar-refractivity contribution < 1.29 is 14.3 Å². The highest BCUT2D eigenvalue weighted by atomic mass is 35.5. The van der Waals surface area contributed by atoms with Gasteiger partial charge in [-0.05, 0) is 25.7 Å². The molecule has 0 aromatic rings. The molecule has 0 spiro atoms. The number of esters is 1. The van der Waals surface area contributed by atoms with Gasteiger partial charge in [0.05, 0.1) is 6.61 Å². The molecule has 50 heavy (non-hydrogen) atoms. The van der Waals surface area contributed by atoms with E-state index in [1.807, 2.05) is 0 Å². The summed E-state index contributed by atoms with van der Waals surface area (Å²) in [5, 5.41) is 2.94. The van der Waals surface area contributed by atoms with E-state index in [0.717, 1.165) is 25.7 Å². The minimum atomic E-state index is -0.640. The van der Waals surface area contributed by atoms with E-state index >= 15 is 0 Å². The van der Waals surface area contributed by atoms with Gasteiger partial charge < -0.3 is 21.5 Å². The van der Waals surface area contributed by atoms with Crippen LogP contribution in [0.4, 0.5) is 0 Å². The molecule has 0 bridgehead atoms. The maximum atomic E-state index is 12.9. The van der Waals surface area contributed by atoms with Crippen molar-refractivity contribution in [2.24, 2.45) is 16.5 Å². The van der Waals surface area contributed by atoms with Crippen LogP contribution in [0.2, 0.25) is 0 Å². The first-order valence-electron chi connectivity index (χ1n) is 21.5. The van der Waals surface area contributed by atoms with Gasteiger partial charge in [-0.25, -0.2) is 4.79 Å². The molecule has 8 heteroatoms. The SMILES string of the molecule is CCCCCCCCCCCCCCCCCCOC(=O)[C@H](CCCN=C(N)N)NC(=O)CCCCCCCCCCCCCCCCC.Cl. The number of ether oxygens (including phenoxy) is 1. The van der Waals surface area contributed by atoms with Crippen LogP contribution in [0.3, 0.4) is 0 Å². The lowest BCUT2D eigenvalue weighted by Gasteiger charge is -2.17. The van der Waals surface area contributed by atoms with E-state index in [9.17, 15) is 9.59 Å². The molecule has 1 atom stereocenters. The van der Waals surface area contributed by atoms with Crippen LogP contribution >= 0.6 is 12.4 Å². The zero-order valence-electron chi connectivity index (χ0n) is 33.3. The Hall–Kier alpha value is -1.50. The Labute approximate surface area is 316 Å². The highest BCUT2D eigenvalue weighted by Crippen LogP contribution is 2.15. The van der Waals surface area contributed by atoms with Gasteiger partial charge in [0.1, 0.15) is 6.04 Å². The average molecular weight is 730 g/mol. The van der Waals surface area contributed by atoms with Gasteiger partial charge in [-0.1, -0.05) is 200 Å². The van der Waals surface area contributed by atoms with Crippen molar-refractivity contribution in [2.45, 2.75) is 238 Å². The largest absolute Gasteiger partial charge is 0.464 e. The van der Waals surface area contributed by atoms with E-state index < -0.39 is 6.04 Å². The van der Waals surface area contributed by atoms with E-state index in [1.54, 1.807) is 0 Å². The number of amides is 1. The summed E-state index contributed by atoms with van der Waals surface area (Å²) < 4.78 is 5.59. The second-order valence-corrected chi connectivity index (χ2v) is 14.7. The van der Waals surface area contributed by atoms with Gasteiger partial charge in [0.25, 0.3) is 0 Å². The lowest BCUT2D eigenvalue weighted by Crippen LogP contribution is -2.42. The maximum Gasteiger partial charge on any atom is 0.328 e. The lowest BCUT2D eigenvalue weighted by molar-refractivity contribution is -0.148. The number of carbonyl (C=O) groups excluding carboxylic acids is 2. The van der Waals surface area contributed by atoms with Crippen LogP contribution in [0.1, 0.15) is 232 Å². The monoisotopic (exact) mass is 729 g/mol. The fourth-order valence-corrected chi connectivity index (χ4v) is 6.60. The third kappa shape index (κ3) is 39.3. The number of carbonyl (C=O) groups is 2. The van der Waals surface area contributed by atoms with Crippen LogP contribution in [0.25, 0.3) is 0 Å². The number of guanidine groups is 1. The van der Waals surface area contributed by atoms with E-state index in [2.05, 4.69) is 24.2 Å². The van der Waals surface area contributed by atoms with Crippen molar-refractivity contribution in [1.82, 2.24) is 5.32 Å². The van der Waals surface area contributed by atoms with Crippen molar-refractivity contribution in [2.75, 3.05) is 13.2 Å². The number of hydrogen-bond donors (Lipinski definition) is 3. The first-order chi connectivity index (χ1) is 24.0. The molecule has 0 heterocycles. The summed E-state index contributed by atoms with van der Waals surface area (Å²) >= 11 is 0. The summed E-state index contributed by atoms with van der Waals surface area (Å²) in [5.74, 6) is -0.365.